The van der Waals surface area contributed by atoms with Crippen LogP contribution in [0.1, 0.15) is 0 Å². The van der Waals surface area contributed by atoms with Crippen LogP contribution in [0.3, 0.4) is 0 Å². The maximum Gasteiger partial charge on any atom is 0.258 e. The van der Waals surface area contributed by atoms with Crippen LogP contribution in [0, 0.1) is 0 Å². The largest absolute Gasteiger partial charge is 0.491 e. The number of nitrogens with zero attached hydrogens (tertiary/aromatic N) is 3. The normalized spacial score (nSPS) is 16.5. The molecule has 15 heavy (non-hydrogen) atoms. The molecule has 0 saturated carbocycles. The minimum Gasteiger partial charge on any atom is -0.491 e. The van der Waals surface area contributed by atoms with Gasteiger partial charge in [-0.1, -0.05) is 0 Å². The number of hydrogen-bond acceptors (Lipinski definition) is 6. The van der Waals surface area contributed by atoms with Gasteiger partial charge < -0.3 is 19.5 Å². The summed E-state index contributed by atoms with van der Waals surface area (Å²) in [6.45, 7) is 2.73. The third kappa shape index (κ3) is 2.10. The number of ether oxygens (including phenoxy) is 2. The number of anilines is 1. The third-order valence-corrected chi connectivity index (χ3v) is 2.23. The van der Waals surface area contributed by atoms with E-state index < -0.39 is 0 Å². The maximum absolute atomic E-state index is 9.64. The Morgan fingerprint density at radius 1 is 1.47 bits per heavy atom. The van der Waals surface area contributed by atoms with Gasteiger partial charge >= 0.3 is 0 Å². The second-order valence-corrected chi connectivity index (χ2v) is 3.16. The predicted molar refractivity (Wildman–Crippen MR) is 53.3 cm³/mol. The molecule has 0 amide bonds. The van der Waals surface area contributed by atoms with Crippen molar-refractivity contribution in [3.63, 3.8) is 0 Å². The zero-order valence-corrected chi connectivity index (χ0v) is 8.51. The molecule has 1 N–H and O–H groups in total. The molecule has 1 fully saturated rings. The second-order valence-electron chi connectivity index (χ2n) is 3.16. The molecular weight excluding hydrogens is 198 g/mol. The summed E-state index contributed by atoms with van der Waals surface area (Å²) in [5.41, 5.74) is 0. The van der Waals surface area contributed by atoms with Crippen LogP contribution in [0.15, 0.2) is 6.20 Å². The topological polar surface area (TPSA) is 67.7 Å². The molecule has 1 aliphatic rings. The fraction of sp³-hybridized carbons (Fsp3) is 0.556. The molecule has 82 valence electrons. The minimum absolute atomic E-state index is 0.101. The van der Waals surface area contributed by atoms with Gasteiger partial charge in [0.25, 0.3) is 5.88 Å². The Kier molecular flexibility index (Phi) is 2.86. The quantitative estimate of drug-likeness (QED) is 0.744. The van der Waals surface area contributed by atoms with Crippen LogP contribution in [0.4, 0.5) is 5.82 Å². The highest BCUT2D eigenvalue weighted by Crippen LogP contribution is 2.24. The average Bonchev–Trinajstić information content (AvgIpc) is 2.30. The molecule has 2 rings (SSSR count). The number of aromatic hydroxyl groups is 1. The van der Waals surface area contributed by atoms with E-state index in [9.17, 15) is 5.11 Å². The summed E-state index contributed by atoms with van der Waals surface area (Å²) >= 11 is 0. The Labute approximate surface area is 87.5 Å². The Bertz CT molecular complexity index is 339. The van der Waals surface area contributed by atoms with E-state index in [1.165, 1.54) is 13.3 Å². The van der Waals surface area contributed by atoms with Crippen LogP contribution >= 0.6 is 0 Å². The van der Waals surface area contributed by atoms with E-state index in [4.69, 9.17) is 9.47 Å². The van der Waals surface area contributed by atoms with Gasteiger partial charge in [-0.05, 0) is 0 Å². The highest BCUT2D eigenvalue weighted by atomic mass is 16.5. The lowest BCUT2D eigenvalue weighted by Gasteiger charge is -2.27. The van der Waals surface area contributed by atoms with Crippen LogP contribution in [-0.2, 0) is 4.74 Å². The van der Waals surface area contributed by atoms with Gasteiger partial charge in [-0.3, -0.25) is 0 Å². The van der Waals surface area contributed by atoms with Gasteiger partial charge in [-0.25, -0.2) is 4.98 Å². The molecule has 0 atom stereocenters. The van der Waals surface area contributed by atoms with Crippen molar-refractivity contribution in [1.29, 1.82) is 0 Å². The SMILES string of the molecule is COc1cnc(N2CCOCC2)c(O)n1. The van der Waals surface area contributed by atoms with E-state index in [1.807, 2.05) is 4.90 Å². The van der Waals surface area contributed by atoms with Crippen molar-refractivity contribution in [2.24, 2.45) is 0 Å². The van der Waals surface area contributed by atoms with Crippen LogP contribution in [0.25, 0.3) is 0 Å². The van der Waals surface area contributed by atoms with Crippen LogP contribution in [0.5, 0.6) is 11.8 Å². The van der Waals surface area contributed by atoms with Crippen molar-refractivity contribution in [2.45, 2.75) is 0 Å². The average molecular weight is 211 g/mol. The molecule has 6 heteroatoms. The number of methoxy groups -OCH3 is 1. The first-order valence-electron chi connectivity index (χ1n) is 4.74. The van der Waals surface area contributed by atoms with Gasteiger partial charge in [-0.15, -0.1) is 0 Å². The molecule has 0 bridgehead atoms. The molecule has 1 aromatic heterocycles. The number of aromatic nitrogens is 2. The van der Waals surface area contributed by atoms with Crippen molar-refractivity contribution in [3.8, 4) is 11.8 Å². The fourth-order valence-electron chi connectivity index (χ4n) is 1.45. The Hall–Kier alpha value is -1.56. The van der Waals surface area contributed by atoms with Crippen molar-refractivity contribution >= 4 is 5.82 Å². The van der Waals surface area contributed by atoms with Gasteiger partial charge in [-0.2, -0.15) is 4.98 Å². The van der Waals surface area contributed by atoms with E-state index in [2.05, 4.69) is 9.97 Å². The lowest BCUT2D eigenvalue weighted by molar-refractivity contribution is 0.122. The summed E-state index contributed by atoms with van der Waals surface area (Å²) in [5, 5.41) is 9.64. The lowest BCUT2D eigenvalue weighted by Crippen LogP contribution is -2.36. The molecule has 1 aromatic rings. The zero-order chi connectivity index (χ0) is 10.7. The van der Waals surface area contributed by atoms with Crippen molar-refractivity contribution in [2.75, 3.05) is 38.3 Å². The van der Waals surface area contributed by atoms with Gasteiger partial charge in [0.15, 0.2) is 5.82 Å². The monoisotopic (exact) mass is 211 g/mol. The molecule has 1 aliphatic heterocycles. The van der Waals surface area contributed by atoms with Gasteiger partial charge in [0.1, 0.15) is 0 Å². The molecule has 1 saturated heterocycles. The molecule has 0 aliphatic carbocycles. The molecule has 0 aromatic carbocycles. The van der Waals surface area contributed by atoms with Crippen molar-refractivity contribution in [3.05, 3.63) is 6.20 Å². The lowest BCUT2D eigenvalue weighted by atomic mass is 10.4. The molecular formula is C9H13N3O3. The Morgan fingerprint density at radius 3 is 2.80 bits per heavy atom. The number of morpholine rings is 1. The zero-order valence-electron chi connectivity index (χ0n) is 8.51. The van der Waals surface area contributed by atoms with E-state index in [0.29, 0.717) is 38.0 Å². The fourth-order valence-corrected chi connectivity index (χ4v) is 1.45. The van der Waals surface area contributed by atoms with E-state index in [1.54, 1.807) is 0 Å². The molecule has 0 spiro atoms. The first-order chi connectivity index (χ1) is 7.31. The molecule has 6 nitrogen and oxygen atoms in total. The van der Waals surface area contributed by atoms with Crippen LogP contribution in [0.2, 0.25) is 0 Å². The van der Waals surface area contributed by atoms with E-state index in [-0.39, 0.29) is 5.88 Å². The smallest absolute Gasteiger partial charge is 0.258 e. The molecule has 2 heterocycles. The summed E-state index contributed by atoms with van der Waals surface area (Å²) in [7, 11) is 1.48. The summed E-state index contributed by atoms with van der Waals surface area (Å²) in [4.78, 5) is 9.90. The highest BCUT2D eigenvalue weighted by molar-refractivity contribution is 5.48. The number of rotatable bonds is 2. The Balaban J connectivity index is 2.19. The molecule has 0 radical (unpaired) electrons. The van der Waals surface area contributed by atoms with E-state index >= 15 is 0 Å². The maximum atomic E-state index is 9.64. The standard InChI is InChI=1S/C9H13N3O3/c1-14-7-6-10-8(9(13)11-7)12-2-4-15-5-3-12/h6H,2-5H2,1H3,(H,11,13). The van der Waals surface area contributed by atoms with E-state index in [0.717, 1.165) is 0 Å². The van der Waals surface area contributed by atoms with Gasteiger partial charge in [0, 0.05) is 13.1 Å². The highest BCUT2D eigenvalue weighted by Gasteiger charge is 2.17. The Morgan fingerprint density at radius 2 is 2.20 bits per heavy atom. The van der Waals surface area contributed by atoms with Crippen molar-refractivity contribution < 1.29 is 14.6 Å². The molecule has 0 unspecified atom stereocenters. The van der Waals surface area contributed by atoms with Crippen molar-refractivity contribution in [1.82, 2.24) is 9.97 Å². The minimum atomic E-state index is -0.101. The van der Waals surface area contributed by atoms with Crippen LogP contribution < -0.4 is 9.64 Å². The van der Waals surface area contributed by atoms with Gasteiger partial charge in [0.05, 0.1) is 26.5 Å². The summed E-state index contributed by atoms with van der Waals surface area (Å²) in [5.74, 6) is 0.694. The van der Waals surface area contributed by atoms with Gasteiger partial charge in [0.2, 0.25) is 5.88 Å². The van der Waals surface area contributed by atoms with Crippen LogP contribution in [-0.4, -0.2) is 48.5 Å². The third-order valence-electron chi connectivity index (χ3n) is 2.23. The first-order valence-corrected chi connectivity index (χ1v) is 4.74. The first kappa shape index (κ1) is 9.97. The summed E-state index contributed by atoms with van der Waals surface area (Å²) in [6.07, 6.45) is 1.49. The summed E-state index contributed by atoms with van der Waals surface area (Å²) < 4.78 is 10.1. The summed E-state index contributed by atoms with van der Waals surface area (Å²) in [6, 6.07) is 0. The predicted octanol–water partition coefficient (Wildman–Crippen LogP) is 0.0274. The number of hydrogen-bond donors (Lipinski definition) is 1. The second kappa shape index (κ2) is 4.31.